The number of aromatic carboxylic acids is 1. The van der Waals surface area contributed by atoms with Crippen LogP contribution in [0.4, 0.5) is 23.0 Å². The molecule has 0 spiro atoms. The summed E-state index contributed by atoms with van der Waals surface area (Å²) in [7, 11) is 1.67. The number of nitrogens with zero attached hydrogens (tertiary/aromatic N) is 6. The number of amides is 1. The number of aromatic nitrogens is 2. The van der Waals surface area contributed by atoms with Crippen molar-refractivity contribution in [3.8, 4) is 16.9 Å². The van der Waals surface area contributed by atoms with Gasteiger partial charge in [-0.2, -0.15) is 0 Å². The van der Waals surface area contributed by atoms with Crippen molar-refractivity contribution in [2.45, 2.75) is 19.6 Å². The van der Waals surface area contributed by atoms with Gasteiger partial charge in [-0.25, -0.2) is 14.8 Å². The molecule has 0 unspecified atom stereocenters. The summed E-state index contributed by atoms with van der Waals surface area (Å²) in [5.41, 5.74) is 7.16. The average molecular weight is 941 g/mol. The number of fused-ring (bicyclic) bond motifs is 2. The van der Waals surface area contributed by atoms with E-state index in [1.807, 2.05) is 53.4 Å². The van der Waals surface area contributed by atoms with Crippen LogP contribution in [-0.2, 0) is 19.6 Å². The van der Waals surface area contributed by atoms with Gasteiger partial charge in [0.1, 0.15) is 17.4 Å². The van der Waals surface area contributed by atoms with Gasteiger partial charge in [-0.1, -0.05) is 76.7 Å². The first kappa shape index (κ1) is 44.8. The fraction of sp³-hybridized carbons (Fsp3) is 0.250. The molecule has 12 nitrogen and oxygen atoms in total. The molecule has 16 heteroatoms. The summed E-state index contributed by atoms with van der Waals surface area (Å²) in [6.45, 7) is 8.13. The van der Waals surface area contributed by atoms with Crippen LogP contribution in [-0.4, -0.2) is 96.2 Å². The first-order chi connectivity index (χ1) is 31.0. The lowest BCUT2D eigenvalue weighted by molar-refractivity contribution is 0.0627. The van der Waals surface area contributed by atoms with E-state index in [1.165, 1.54) is 5.56 Å². The molecule has 5 heterocycles. The largest absolute Gasteiger partial charge is 0.497 e. The van der Waals surface area contributed by atoms with E-state index in [2.05, 4.69) is 47.4 Å². The van der Waals surface area contributed by atoms with Crippen LogP contribution in [0.2, 0.25) is 20.1 Å². The smallest absolute Gasteiger partial charge is 0.336 e. The second-order valence-electron chi connectivity index (χ2n) is 15.6. The number of hydrogen-bond acceptors (Lipinski definition) is 10. The lowest BCUT2D eigenvalue weighted by Gasteiger charge is -2.35. The minimum atomic E-state index is -0.964. The molecule has 1 saturated heterocycles. The topological polar surface area (TPSA) is 126 Å². The Balaban J connectivity index is 0.000000181. The van der Waals surface area contributed by atoms with Crippen molar-refractivity contribution >= 4 is 81.3 Å². The molecule has 330 valence electrons. The van der Waals surface area contributed by atoms with E-state index in [-0.39, 0.29) is 11.5 Å². The molecule has 3 aliphatic rings. The van der Waals surface area contributed by atoms with E-state index in [1.54, 1.807) is 55.9 Å². The maximum atomic E-state index is 13.4. The second-order valence-corrected chi connectivity index (χ2v) is 17.3. The number of carboxylic acids is 1. The van der Waals surface area contributed by atoms with Crippen molar-refractivity contribution in [2.24, 2.45) is 0 Å². The van der Waals surface area contributed by atoms with Crippen LogP contribution in [0.1, 0.15) is 37.4 Å². The third-order valence-corrected chi connectivity index (χ3v) is 12.7. The Labute approximate surface area is 392 Å². The van der Waals surface area contributed by atoms with Crippen LogP contribution in [0.25, 0.3) is 11.1 Å². The van der Waals surface area contributed by atoms with E-state index in [0.717, 1.165) is 91.3 Å². The zero-order valence-electron chi connectivity index (χ0n) is 35.0. The summed E-state index contributed by atoms with van der Waals surface area (Å²) in [6.07, 6.45) is 3.37. The number of rotatable bonds is 10. The van der Waals surface area contributed by atoms with Crippen LogP contribution in [0.5, 0.6) is 5.75 Å². The molecule has 1 fully saturated rings. The molecule has 4 aromatic carbocycles. The first-order valence-corrected chi connectivity index (χ1v) is 22.4. The molecular weight excluding hydrogens is 894 g/mol. The molecule has 3 aliphatic heterocycles. The minimum Gasteiger partial charge on any atom is -0.497 e. The molecule has 0 saturated carbocycles. The van der Waals surface area contributed by atoms with Crippen LogP contribution in [0.15, 0.2) is 109 Å². The first-order valence-electron chi connectivity index (χ1n) is 20.9. The molecule has 0 atom stereocenters. The molecule has 9 rings (SSSR count). The van der Waals surface area contributed by atoms with Gasteiger partial charge in [0.05, 0.1) is 29.6 Å². The Morgan fingerprint density at radius 2 is 1.25 bits per heavy atom. The van der Waals surface area contributed by atoms with Crippen molar-refractivity contribution in [1.82, 2.24) is 19.8 Å². The quantitative estimate of drug-likeness (QED) is 0.122. The zero-order chi connectivity index (χ0) is 44.7. The number of carboxylic acid groups (broad SMARTS) is 1. The molecule has 1 amide bonds. The minimum absolute atomic E-state index is 0.0145. The van der Waals surface area contributed by atoms with Crippen LogP contribution < -0.4 is 25.2 Å². The highest BCUT2D eigenvalue weighted by molar-refractivity contribution is 6.34. The van der Waals surface area contributed by atoms with Crippen LogP contribution in [0, 0.1) is 0 Å². The van der Waals surface area contributed by atoms with Gasteiger partial charge < -0.3 is 35.2 Å². The third kappa shape index (κ3) is 10.6. The van der Waals surface area contributed by atoms with Gasteiger partial charge in [0, 0.05) is 110 Å². The van der Waals surface area contributed by atoms with E-state index in [0.29, 0.717) is 57.4 Å². The van der Waals surface area contributed by atoms with Crippen LogP contribution >= 0.6 is 46.4 Å². The van der Waals surface area contributed by atoms with Crippen molar-refractivity contribution in [1.29, 1.82) is 0 Å². The molecule has 64 heavy (non-hydrogen) atoms. The maximum absolute atomic E-state index is 13.4. The number of methoxy groups -OCH3 is 1. The zero-order valence-corrected chi connectivity index (χ0v) is 38.1. The number of pyridine rings is 2. The monoisotopic (exact) mass is 938 g/mol. The van der Waals surface area contributed by atoms with E-state index in [4.69, 9.17) is 51.1 Å². The predicted octanol–water partition coefficient (Wildman–Crippen LogP) is 9.97. The summed E-state index contributed by atoms with van der Waals surface area (Å²) in [5.74, 6) is 1.45. The standard InChI is InChI=1S/C27H29Cl2N5O2.C21H17Cl2N3O2/c1-36-23-5-2-19(3-6-23)17-32-10-12-33(13-11-32)27(35)20-15-25-26(31-16-20)30-8-9-34(25)18-21-14-22(28)4-7-24(21)29;22-15-5-6-18(23)14(9-15)12-26-8-7-24-20-19(26)10-13(11-25-20)16-3-1-2-4-17(16)21(27)28/h2-7,14-16H,8-13,17-18H2,1H3,(H,30,31);1-6,9-11H,7-8,12H2,(H,24,25)(H,27,28). The van der Waals surface area contributed by atoms with Crippen molar-refractivity contribution in [2.75, 3.05) is 79.9 Å². The number of nitrogens with one attached hydrogen (secondary N) is 2. The number of carbonyl (C=O) groups is 2. The lowest BCUT2D eigenvalue weighted by atomic mass is 10.0. The Morgan fingerprint density at radius 1 is 0.672 bits per heavy atom. The fourth-order valence-corrected chi connectivity index (χ4v) is 8.80. The van der Waals surface area contributed by atoms with Crippen molar-refractivity contribution in [3.63, 3.8) is 0 Å². The number of ether oxygens (including phenoxy) is 1. The van der Waals surface area contributed by atoms with E-state index in [9.17, 15) is 14.7 Å². The molecule has 0 aliphatic carbocycles. The SMILES string of the molecule is COc1ccc(CN2CCN(C(=O)c3cnc4c(c3)N(Cc3cc(Cl)ccc3Cl)CCN4)CC2)cc1.O=C(O)c1ccccc1-c1cnc2c(c1)N(Cc1cc(Cl)ccc1Cl)CCN2. The molecule has 3 N–H and O–H groups in total. The average Bonchev–Trinajstić information content (AvgIpc) is 3.32. The molecule has 6 aromatic rings. The normalized spacial score (nSPS) is 14.6. The van der Waals surface area contributed by atoms with Crippen LogP contribution in [0.3, 0.4) is 0 Å². The highest BCUT2D eigenvalue weighted by Crippen LogP contribution is 2.36. The number of carbonyl (C=O) groups excluding carboxylic acids is 1. The predicted molar refractivity (Wildman–Crippen MR) is 257 cm³/mol. The summed E-state index contributed by atoms with van der Waals surface area (Å²) in [6, 6.07) is 29.9. The molecule has 2 aromatic heterocycles. The molecular formula is C48H46Cl4N8O4. The number of hydrogen-bond donors (Lipinski definition) is 3. The van der Waals surface area contributed by atoms with Gasteiger partial charge in [0.15, 0.2) is 0 Å². The maximum Gasteiger partial charge on any atom is 0.336 e. The highest BCUT2D eigenvalue weighted by atomic mass is 35.5. The summed E-state index contributed by atoms with van der Waals surface area (Å²) in [4.78, 5) is 42.7. The van der Waals surface area contributed by atoms with E-state index < -0.39 is 5.97 Å². The Morgan fingerprint density at radius 3 is 1.84 bits per heavy atom. The Hall–Kier alpha value is -5.76. The second kappa shape index (κ2) is 20.4. The lowest BCUT2D eigenvalue weighted by Crippen LogP contribution is -2.48. The number of halogens is 4. The van der Waals surface area contributed by atoms with E-state index >= 15 is 0 Å². The summed E-state index contributed by atoms with van der Waals surface area (Å²) < 4.78 is 5.24. The van der Waals surface area contributed by atoms with Gasteiger partial charge in [0.25, 0.3) is 5.91 Å². The van der Waals surface area contributed by atoms with Gasteiger partial charge in [0.2, 0.25) is 0 Å². The van der Waals surface area contributed by atoms with Gasteiger partial charge in [-0.15, -0.1) is 0 Å². The number of benzene rings is 4. The summed E-state index contributed by atoms with van der Waals surface area (Å²) in [5, 5.41) is 18.7. The number of piperazine rings is 1. The van der Waals surface area contributed by atoms with Gasteiger partial charge in [-0.3, -0.25) is 9.69 Å². The summed E-state index contributed by atoms with van der Waals surface area (Å²) >= 11 is 25.1. The highest BCUT2D eigenvalue weighted by Gasteiger charge is 2.26. The molecule has 0 radical (unpaired) electrons. The van der Waals surface area contributed by atoms with Gasteiger partial charge in [-0.05, 0) is 89.0 Å². The van der Waals surface area contributed by atoms with Gasteiger partial charge >= 0.3 is 5.97 Å². The fourth-order valence-electron chi connectivity index (χ4n) is 8.06. The Bertz CT molecular complexity index is 2640. The molecule has 0 bridgehead atoms. The third-order valence-electron chi connectivity index (χ3n) is 11.4. The Kier molecular flexibility index (Phi) is 14.3. The van der Waals surface area contributed by atoms with Crippen molar-refractivity contribution < 1.29 is 19.4 Å². The number of anilines is 4. The van der Waals surface area contributed by atoms with Crippen molar-refractivity contribution in [3.05, 3.63) is 157 Å².